The van der Waals surface area contributed by atoms with E-state index < -0.39 is 11.4 Å². The first-order valence-electron chi connectivity index (χ1n) is 9.30. The number of aryl methyl sites for hydroxylation is 1. The summed E-state index contributed by atoms with van der Waals surface area (Å²) in [5.74, 6) is 0. The van der Waals surface area contributed by atoms with Crippen LogP contribution in [0.25, 0.3) is 0 Å². The van der Waals surface area contributed by atoms with Crippen LogP contribution in [0.15, 0.2) is 30.5 Å². The first kappa shape index (κ1) is 19.7. The van der Waals surface area contributed by atoms with Crippen LogP contribution in [0.3, 0.4) is 0 Å². The predicted molar refractivity (Wildman–Crippen MR) is 112 cm³/mol. The molecule has 1 aromatic carbocycles. The third-order valence-corrected chi connectivity index (χ3v) is 7.15. The van der Waals surface area contributed by atoms with Crippen LogP contribution in [-0.2, 0) is 11.4 Å². The molecule has 2 heterocycles. The lowest BCUT2D eigenvalue weighted by Crippen LogP contribution is -2.42. The molecule has 142 valence electrons. The first-order chi connectivity index (χ1) is 12.4. The van der Waals surface area contributed by atoms with Gasteiger partial charge in [0.2, 0.25) is 0 Å². The predicted octanol–water partition coefficient (Wildman–Crippen LogP) is 4.58. The number of piperidine rings is 1. The monoisotopic (exact) mass is 391 g/mol. The topological polar surface area (TPSA) is 51.2 Å². The number of nitrogens with one attached hydrogen (secondary N) is 1. The molecular formula is C20H29N3OS2. The van der Waals surface area contributed by atoms with Gasteiger partial charge in [-0.25, -0.2) is 4.98 Å². The van der Waals surface area contributed by atoms with Crippen molar-refractivity contribution in [3.8, 4) is 0 Å². The average molecular weight is 392 g/mol. The second kappa shape index (κ2) is 8.30. The Morgan fingerprint density at radius 3 is 2.50 bits per heavy atom. The summed E-state index contributed by atoms with van der Waals surface area (Å²) < 4.78 is 15.9. The van der Waals surface area contributed by atoms with E-state index in [0.29, 0.717) is 0 Å². The van der Waals surface area contributed by atoms with Gasteiger partial charge in [0.1, 0.15) is 15.8 Å². The molecule has 2 unspecified atom stereocenters. The number of thiazole rings is 1. The summed E-state index contributed by atoms with van der Waals surface area (Å²) in [5.41, 5.74) is 2.41. The zero-order valence-electron chi connectivity index (χ0n) is 16.1. The molecule has 2 atom stereocenters. The smallest absolute Gasteiger partial charge is 0.136 e. The molecule has 0 radical (unpaired) electrons. The maximum Gasteiger partial charge on any atom is 0.136 e. The standard InChI is InChI=1S/C20H29N3OS2/c1-15-14-21-19(25-15)18(22-26(24)20(2,3)4)16-10-6-7-11-17(16)23-12-8-5-9-13-23/h6-7,10-11,14,18,22H,5,8-9,12-13H2,1-4H3. The van der Waals surface area contributed by atoms with E-state index in [-0.39, 0.29) is 10.8 Å². The van der Waals surface area contributed by atoms with Gasteiger partial charge >= 0.3 is 0 Å². The lowest BCUT2D eigenvalue weighted by Gasteiger charge is -2.33. The highest BCUT2D eigenvalue weighted by Gasteiger charge is 2.33. The highest BCUT2D eigenvalue weighted by Crippen LogP contribution is 2.35. The van der Waals surface area contributed by atoms with Crippen molar-refractivity contribution in [3.05, 3.63) is 45.9 Å². The van der Waals surface area contributed by atoms with Gasteiger partial charge in [0, 0.05) is 46.8 Å². The fraction of sp³-hybridized carbons (Fsp3) is 0.550. The first-order valence-corrected chi connectivity index (χ1v) is 11.3. The second-order valence-electron chi connectivity index (χ2n) is 7.85. The molecule has 1 fully saturated rings. The molecular weight excluding hydrogens is 362 g/mol. The van der Waals surface area contributed by atoms with Gasteiger partial charge in [-0.05, 0) is 53.0 Å². The van der Waals surface area contributed by atoms with E-state index in [0.717, 1.165) is 18.1 Å². The fourth-order valence-electron chi connectivity index (χ4n) is 3.19. The van der Waals surface area contributed by atoms with Crippen LogP contribution in [0, 0.1) is 6.92 Å². The quantitative estimate of drug-likeness (QED) is 0.758. The van der Waals surface area contributed by atoms with Crippen LogP contribution in [0.2, 0.25) is 0 Å². The molecule has 4 nitrogen and oxygen atoms in total. The van der Waals surface area contributed by atoms with Crippen molar-refractivity contribution in [1.82, 2.24) is 9.71 Å². The van der Waals surface area contributed by atoms with Crippen LogP contribution >= 0.6 is 11.3 Å². The van der Waals surface area contributed by atoms with E-state index in [1.807, 2.05) is 27.0 Å². The molecule has 1 saturated heterocycles. The van der Waals surface area contributed by atoms with Crippen molar-refractivity contribution >= 4 is 28.4 Å². The van der Waals surface area contributed by atoms with Crippen molar-refractivity contribution < 1.29 is 4.55 Å². The average Bonchev–Trinajstić information content (AvgIpc) is 3.05. The minimum Gasteiger partial charge on any atom is -0.598 e. The van der Waals surface area contributed by atoms with Crippen molar-refractivity contribution in [1.29, 1.82) is 0 Å². The molecule has 0 saturated carbocycles. The minimum atomic E-state index is -1.17. The number of hydrogen-bond acceptors (Lipinski definition) is 5. The van der Waals surface area contributed by atoms with Gasteiger partial charge in [-0.3, -0.25) is 0 Å². The summed E-state index contributed by atoms with van der Waals surface area (Å²) in [6.45, 7) is 10.2. The van der Waals surface area contributed by atoms with Gasteiger partial charge in [0.15, 0.2) is 0 Å². The third-order valence-electron chi connectivity index (χ3n) is 4.61. The SMILES string of the molecule is Cc1cnc(C(N[S+]([O-])C(C)(C)C)c2ccccc2N2CCCCC2)s1. The molecule has 2 aromatic rings. The van der Waals surface area contributed by atoms with E-state index in [2.05, 4.69) is 45.8 Å². The van der Waals surface area contributed by atoms with Gasteiger partial charge in [0.05, 0.1) is 0 Å². The number of anilines is 1. The largest absolute Gasteiger partial charge is 0.598 e. The Kier molecular flexibility index (Phi) is 6.28. The Balaban J connectivity index is 1.99. The molecule has 0 aliphatic carbocycles. The van der Waals surface area contributed by atoms with Crippen molar-refractivity contribution in [2.45, 2.75) is 57.7 Å². The number of rotatable bonds is 5. The third kappa shape index (κ3) is 4.60. The lowest BCUT2D eigenvalue weighted by molar-refractivity contribution is 0.534. The van der Waals surface area contributed by atoms with Crippen LogP contribution in [0.1, 0.15) is 61.5 Å². The maximum absolute atomic E-state index is 12.9. The van der Waals surface area contributed by atoms with E-state index >= 15 is 0 Å². The van der Waals surface area contributed by atoms with Crippen molar-refractivity contribution in [3.63, 3.8) is 0 Å². The summed E-state index contributed by atoms with van der Waals surface area (Å²) >= 11 is 0.498. The second-order valence-corrected chi connectivity index (χ2v) is 11.1. The number of nitrogens with zero attached hydrogens (tertiary/aromatic N) is 2. The van der Waals surface area contributed by atoms with Gasteiger partial charge in [0.25, 0.3) is 0 Å². The zero-order chi connectivity index (χ0) is 18.7. The normalized spacial score (nSPS) is 18.0. The number of benzene rings is 1. The number of hydrogen-bond donors (Lipinski definition) is 1. The maximum atomic E-state index is 12.9. The Morgan fingerprint density at radius 1 is 1.19 bits per heavy atom. The van der Waals surface area contributed by atoms with Crippen LogP contribution < -0.4 is 9.62 Å². The summed E-state index contributed by atoms with van der Waals surface area (Å²) in [4.78, 5) is 8.25. The van der Waals surface area contributed by atoms with Crippen LogP contribution in [-0.4, -0.2) is 27.4 Å². The molecule has 1 aliphatic rings. The van der Waals surface area contributed by atoms with Gasteiger partial charge in [-0.2, -0.15) is 0 Å². The molecule has 0 spiro atoms. The Labute approximate surface area is 164 Å². The van der Waals surface area contributed by atoms with E-state index in [1.54, 1.807) is 11.3 Å². The zero-order valence-corrected chi connectivity index (χ0v) is 17.8. The highest BCUT2D eigenvalue weighted by atomic mass is 32.2. The van der Waals surface area contributed by atoms with Crippen LogP contribution in [0.4, 0.5) is 5.69 Å². The summed E-state index contributed by atoms with van der Waals surface area (Å²) in [6, 6.07) is 8.34. The Bertz CT molecular complexity index is 720. The summed E-state index contributed by atoms with van der Waals surface area (Å²) in [6.07, 6.45) is 5.67. The Hall–Kier alpha value is -1.08. The summed E-state index contributed by atoms with van der Waals surface area (Å²) in [5, 5.41) is 0.976. The van der Waals surface area contributed by atoms with Crippen LogP contribution in [0.5, 0.6) is 0 Å². The van der Waals surface area contributed by atoms with E-state index in [4.69, 9.17) is 0 Å². The van der Waals surface area contributed by atoms with E-state index in [1.165, 1.54) is 35.4 Å². The molecule has 0 bridgehead atoms. The highest BCUT2D eigenvalue weighted by molar-refractivity contribution is 7.90. The molecule has 26 heavy (non-hydrogen) atoms. The molecule has 1 aromatic heterocycles. The minimum absolute atomic E-state index is 0.160. The molecule has 0 amide bonds. The lowest BCUT2D eigenvalue weighted by atomic mass is 10.0. The molecule has 6 heteroatoms. The van der Waals surface area contributed by atoms with Gasteiger partial charge in [-0.15, -0.1) is 16.1 Å². The molecule has 3 rings (SSSR count). The van der Waals surface area contributed by atoms with Crippen molar-refractivity contribution in [2.24, 2.45) is 0 Å². The van der Waals surface area contributed by atoms with Crippen molar-refractivity contribution in [2.75, 3.05) is 18.0 Å². The van der Waals surface area contributed by atoms with Gasteiger partial charge < -0.3 is 9.45 Å². The number of para-hydroxylation sites is 1. The number of aromatic nitrogens is 1. The Morgan fingerprint density at radius 2 is 1.88 bits per heavy atom. The summed E-state index contributed by atoms with van der Waals surface area (Å²) in [7, 11) is 0. The molecule has 1 N–H and O–H groups in total. The van der Waals surface area contributed by atoms with E-state index in [9.17, 15) is 4.55 Å². The molecule has 1 aliphatic heterocycles. The fourth-order valence-corrected chi connectivity index (χ4v) is 4.92. The van der Waals surface area contributed by atoms with Gasteiger partial charge in [-0.1, -0.05) is 18.2 Å².